The van der Waals surface area contributed by atoms with Gasteiger partial charge in [0, 0.05) is 11.8 Å². The number of imidazole rings is 1. The number of aryl methyl sites for hydroxylation is 2. The fourth-order valence-corrected chi connectivity index (χ4v) is 2.38. The molecule has 0 saturated heterocycles. The summed E-state index contributed by atoms with van der Waals surface area (Å²) in [7, 11) is 0. The lowest BCUT2D eigenvalue weighted by Crippen LogP contribution is -1.93. The van der Waals surface area contributed by atoms with E-state index in [4.69, 9.17) is 10.2 Å². The average molecular weight is 261 g/mol. The van der Waals surface area contributed by atoms with Gasteiger partial charge in [-0.25, -0.2) is 4.98 Å². The van der Waals surface area contributed by atoms with Crippen LogP contribution in [-0.4, -0.2) is 9.38 Å². The molecule has 0 radical (unpaired) electrons. The Balaban J connectivity index is 2.26. The van der Waals surface area contributed by atoms with Crippen LogP contribution in [0.2, 0.25) is 0 Å². The third-order valence-electron chi connectivity index (χ3n) is 3.45. The summed E-state index contributed by atoms with van der Waals surface area (Å²) < 4.78 is 2.01. The number of fused-ring (bicyclic) bond motifs is 1. The molecule has 0 saturated carbocycles. The van der Waals surface area contributed by atoms with Crippen LogP contribution in [0.15, 0.2) is 42.6 Å². The van der Waals surface area contributed by atoms with E-state index < -0.39 is 0 Å². The molecule has 3 rings (SSSR count). The molecule has 0 N–H and O–H groups in total. The van der Waals surface area contributed by atoms with Gasteiger partial charge in [0.1, 0.15) is 5.65 Å². The molecule has 2 aromatic heterocycles. The Morgan fingerprint density at radius 3 is 2.55 bits per heavy atom. The number of hydrogen-bond acceptors (Lipinski definition) is 2. The van der Waals surface area contributed by atoms with Crippen LogP contribution in [0.1, 0.15) is 16.8 Å². The standard InChI is InChI=1S/C17H15N3/c1-12-3-5-14(6-4-12)17-15(7-9-18)20-10-8-13(2)11-16(20)19-17/h3-6,8,10-11H,7H2,1-2H3. The Hall–Kier alpha value is -2.60. The normalized spacial score (nSPS) is 10.7. The maximum Gasteiger partial charge on any atom is 0.137 e. The zero-order valence-corrected chi connectivity index (χ0v) is 11.6. The third kappa shape index (κ3) is 2.06. The molecule has 20 heavy (non-hydrogen) atoms. The van der Waals surface area contributed by atoms with Gasteiger partial charge in [-0.05, 0) is 31.5 Å². The highest BCUT2D eigenvalue weighted by molar-refractivity contribution is 5.67. The van der Waals surface area contributed by atoms with Gasteiger partial charge >= 0.3 is 0 Å². The highest BCUT2D eigenvalue weighted by Gasteiger charge is 2.13. The van der Waals surface area contributed by atoms with Crippen molar-refractivity contribution in [2.24, 2.45) is 0 Å². The highest BCUT2D eigenvalue weighted by atomic mass is 15.0. The molecule has 0 amide bonds. The van der Waals surface area contributed by atoms with Crippen molar-refractivity contribution in [1.29, 1.82) is 5.26 Å². The second-order valence-electron chi connectivity index (χ2n) is 5.04. The van der Waals surface area contributed by atoms with Crippen molar-refractivity contribution in [3.05, 3.63) is 59.4 Å². The Bertz CT molecular complexity index is 805. The molecule has 0 aliphatic heterocycles. The quantitative estimate of drug-likeness (QED) is 0.706. The van der Waals surface area contributed by atoms with Crippen molar-refractivity contribution in [3.8, 4) is 17.3 Å². The van der Waals surface area contributed by atoms with Gasteiger partial charge in [0.2, 0.25) is 0 Å². The summed E-state index contributed by atoms with van der Waals surface area (Å²) in [6.07, 6.45) is 2.34. The number of nitriles is 1. The molecule has 0 bridgehead atoms. The molecule has 98 valence electrons. The fourth-order valence-electron chi connectivity index (χ4n) is 2.38. The van der Waals surface area contributed by atoms with Gasteiger partial charge in [-0.2, -0.15) is 5.26 Å². The molecule has 0 aliphatic rings. The molecule has 0 unspecified atom stereocenters. The van der Waals surface area contributed by atoms with E-state index >= 15 is 0 Å². The minimum Gasteiger partial charge on any atom is -0.302 e. The summed E-state index contributed by atoms with van der Waals surface area (Å²) in [5, 5.41) is 9.08. The van der Waals surface area contributed by atoms with Crippen molar-refractivity contribution in [3.63, 3.8) is 0 Å². The predicted octanol–water partition coefficient (Wildman–Crippen LogP) is 3.68. The van der Waals surface area contributed by atoms with Crippen molar-refractivity contribution in [2.45, 2.75) is 20.3 Å². The number of hydrogen-bond donors (Lipinski definition) is 0. The molecule has 0 aliphatic carbocycles. The first-order valence-electron chi connectivity index (χ1n) is 6.60. The number of benzene rings is 1. The van der Waals surface area contributed by atoms with E-state index in [0.29, 0.717) is 6.42 Å². The first-order valence-corrected chi connectivity index (χ1v) is 6.60. The summed E-state index contributed by atoms with van der Waals surface area (Å²) >= 11 is 0. The van der Waals surface area contributed by atoms with Crippen LogP contribution < -0.4 is 0 Å². The van der Waals surface area contributed by atoms with E-state index in [1.807, 2.05) is 29.7 Å². The SMILES string of the molecule is Cc1ccc(-c2nc3cc(C)ccn3c2CC#N)cc1. The Morgan fingerprint density at radius 1 is 1.10 bits per heavy atom. The van der Waals surface area contributed by atoms with Crippen LogP contribution in [-0.2, 0) is 6.42 Å². The topological polar surface area (TPSA) is 41.1 Å². The summed E-state index contributed by atoms with van der Waals surface area (Å²) in [5.74, 6) is 0. The zero-order valence-electron chi connectivity index (χ0n) is 11.6. The van der Waals surface area contributed by atoms with Gasteiger partial charge in [-0.15, -0.1) is 0 Å². The molecule has 0 atom stereocenters. The molecule has 0 fully saturated rings. The van der Waals surface area contributed by atoms with Crippen LogP contribution in [0.3, 0.4) is 0 Å². The van der Waals surface area contributed by atoms with E-state index in [0.717, 1.165) is 22.6 Å². The molecule has 2 heterocycles. The van der Waals surface area contributed by atoms with Crippen molar-refractivity contribution < 1.29 is 0 Å². The minimum atomic E-state index is 0.355. The van der Waals surface area contributed by atoms with Gasteiger partial charge in [-0.1, -0.05) is 29.8 Å². The number of pyridine rings is 1. The Kier molecular flexibility index (Phi) is 3.00. The van der Waals surface area contributed by atoms with Crippen molar-refractivity contribution >= 4 is 5.65 Å². The van der Waals surface area contributed by atoms with Crippen LogP contribution in [0.25, 0.3) is 16.9 Å². The molecule has 3 aromatic rings. The Labute approximate surface area is 118 Å². The summed E-state index contributed by atoms with van der Waals surface area (Å²) in [6.45, 7) is 4.11. The van der Waals surface area contributed by atoms with Gasteiger partial charge < -0.3 is 4.40 Å². The number of rotatable bonds is 2. The van der Waals surface area contributed by atoms with Crippen LogP contribution in [0.5, 0.6) is 0 Å². The maximum absolute atomic E-state index is 9.08. The number of nitrogens with zero attached hydrogens (tertiary/aromatic N) is 3. The molecular formula is C17H15N3. The van der Waals surface area contributed by atoms with Crippen LogP contribution >= 0.6 is 0 Å². The molecule has 3 nitrogen and oxygen atoms in total. The highest BCUT2D eigenvalue weighted by Crippen LogP contribution is 2.25. The molecule has 0 spiro atoms. The van der Waals surface area contributed by atoms with E-state index in [-0.39, 0.29) is 0 Å². The van der Waals surface area contributed by atoms with Gasteiger partial charge in [0.25, 0.3) is 0 Å². The lowest BCUT2D eigenvalue weighted by molar-refractivity contribution is 1.05. The monoisotopic (exact) mass is 261 g/mol. The number of aromatic nitrogens is 2. The van der Waals surface area contributed by atoms with E-state index in [9.17, 15) is 0 Å². The zero-order chi connectivity index (χ0) is 14.1. The maximum atomic E-state index is 9.08. The van der Waals surface area contributed by atoms with Crippen LogP contribution in [0.4, 0.5) is 0 Å². The van der Waals surface area contributed by atoms with E-state index in [1.54, 1.807) is 0 Å². The molecular weight excluding hydrogens is 246 g/mol. The van der Waals surface area contributed by atoms with E-state index in [2.05, 4.69) is 37.3 Å². The fraction of sp³-hybridized carbons (Fsp3) is 0.176. The second-order valence-corrected chi connectivity index (χ2v) is 5.04. The van der Waals surface area contributed by atoms with Gasteiger partial charge in [0.15, 0.2) is 0 Å². The van der Waals surface area contributed by atoms with Crippen molar-refractivity contribution in [2.75, 3.05) is 0 Å². The minimum absolute atomic E-state index is 0.355. The first-order chi connectivity index (χ1) is 9.69. The average Bonchev–Trinajstić information content (AvgIpc) is 2.78. The summed E-state index contributed by atoms with van der Waals surface area (Å²) in [6, 6.07) is 14.6. The smallest absolute Gasteiger partial charge is 0.137 e. The lowest BCUT2D eigenvalue weighted by atomic mass is 10.1. The van der Waals surface area contributed by atoms with Crippen molar-refractivity contribution in [1.82, 2.24) is 9.38 Å². The third-order valence-corrected chi connectivity index (χ3v) is 3.45. The lowest BCUT2D eigenvalue weighted by Gasteiger charge is -2.02. The van der Waals surface area contributed by atoms with E-state index in [1.165, 1.54) is 11.1 Å². The first kappa shape index (κ1) is 12.4. The predicted molar refractivity (Wildman–Crippen MR) is 79.4 cm³/mol. The van der Waals surface area contributed by atoms with Gasteiger partial charge in [0.05, 0.1) is 23.9 Å². The molecule has 3 heteroatoms. The summed E-state index contributed by atoms with van der Waals surface area (Å²) in [4.78, 5) is 4.70. The summed E-state index contributed by atoms with van der Waals surface area (Å²) in [5.41, 5.74) is 6.19. The van der Waals surface area contributed by atoms with Gasteiger partial charge in [-0.3, -0.25) is 0 Å². The Morgan fingerprint density at radius 2 is 1.85 bits per heavy atom. The van der Waals surface area contributed by atoms with Crippen LogP contribution in [0, 0.1) is 25.2 Å². The largest absolute Gasteiger partial charge is 0.302 e. The molecule has 1 aromatic carbocycles. The second kappa shape index (κ2) is 4.82.